The van der Waals surface area contributed by atoms with Crippen molar-refractivity contribution in [3.63, 3.8) is 0 Å². The topological polar surface area (TPSA) is 115 Å². The molecule has 4 aromatic rings. The van der Waals surface area contributed by atoms with Crippen LogP contribution in [0.5, 0.6) is 0 Å². The van der Waals surface area contributed by atoms with Crippen molar-refractivity contribution < 1.29 is 4.92 Å². The molecule has 0 saturated heterocycles. The molecule has 0 bridgehead atoms. The standard InChI is InChI=1S/C13H9N7O2S/c21-20(22)8-5-14-19(6-8)7-23-13-16-12-11(17-18-13)9-3-1-2-4-10(9)15-12/h1-6H,7H2,(H,15,16,18). The van der Waals surface area contributed by atoms with E-state index in [1.54, 1.807) is 0 Å². The van der Waals surface area contributed by atoms with Crippen LogP contribution in [0.25, 0.3) is 22.1 Å². The Morgan fingerprint density at radius 1 is 1.30 bits per heavy atom. The van der Waals surface area contributed by atoms with Gasteiger partial charge in [-0.3, -0.25) is 14.8 Å². The number of H-pyrrole nitrogens is 1. The minimum absolute atomic E-state index is 0.0456. The summed E-state index contributed by atoms with van der Waals surface area (Å²) in [5.74, 6) is 0.362. The number of para-hydroxylation sites is 1. The first kappa shape index (κ1) is 13.6. The van der Waals surface area contributed by atoms with Crippen LogP contribution in [0.3, 0.4) is 0 Å². The minimum atomic E-state index is -0.483. The van der Waals surface area contributed by atoms with Gasteiger partial charge in [0, 0.05) is 10.9 Å². The summed E-state index contributed by atoms with van der Waals surface area (Å²) < 4.78 is 1.46. The molecule has 0 aliphatic rings. The number of aromatic amines is 1. The SMILES string of the molecule is O=[N+]([O-])c1cnn(CSc2nnc3c(n2)[nH]c2ccccc23)c1. The molecule has 0 unspecified atom stereocenters. The van der Waals surface area contributed by atoms with E-state index in [9.17, 15) is 10.1 Å². The van der Waals surface area contributed by atoms with Gasteiger partial charge in [0.1, 0.15) is 17.9 Å². The first-order chi connectivity index (χ1) is 11.2. The lowest BCUT2D eigenvalue weighted by Gasteiger charge is -1.99. The first-order valence-electron chi connectivity index (χ1n) is 6.61. The van der Waals surface area contributed by atoms with Crippen molar-refractivity contribution in [3.8, 4) is 0 Å². The van der Waals surface area contributed by atoms with Gasteiger partial charge < -0.3 is 4.98 Å². The van der Waals surface area contributed by atoms with Gasteiger partial charge in [0.05, 0.1) is 10.8 Å². The lowest BCUT2D eigenvalue weighted by molar-refractivity contribution is -0.385. The maximum atomic E-state index is 10.6. The molecule has 114 valence electrons. The van der Waals surface area contributed by atoms with Crippen molar-refractivity contribution in [2.45, 2.75) is 11.0 Å². The molecule has 0 radical (unpaired) electrons. The molecule has 1 aromatic carbocycles. The highest BCUT2D eigenvalue weighted by Crippen LogP contribution is 2.23. The third kappa shape index (κ3) is 2.48. The summed E-state index contributed by atoms with van der Waals surface area (Å²) in [4.78, 5) is 17.8. The fraction of sp³-hybridized carbons (Fsp3) is 0.0769. The summed E-state index contributed by atoms with van der Waals surface area (Å²) in [6, 6.07) is 7.78. The Hall–Kier alpha value is -3.01. The number of hydrogen-bond acceptors (Lipinski definition) is 7. The molecule has 0 spiro atoms. The summed E-state index contributed by atoms with van der Waals surface area (Å²) in [5.41, 5.74) is 2.29. The molecule has 4 rings (SSSR count). The number of nitrogens with one attached hydrogen (secondary N) is 1. The molecule has 9 nitrogen and oxygen atoms in total. The second kappa shape index (κ2) is 5.32. The van der Waals surface area contributed by atoms with Crippen molar-refractivity contribution in [2.75, 3.05) is 0 Å². The van der Waals surface area contributed by atoms with E-state index < -0.39 is 4.92 Å². The second-order valence-electron chi connectivity index (χ2n) is 4.73. The largest absolute Gasteiger partial charge is 0.338 e. The van der Waals surface area contributed by atoms with Crippen LogP contribution in [0.4, 0.5) is 5.69 Å². The number of nitro groups is 1. The minimum Gasteiger partial charge on any atom is -0.338 e. The molecule has 1 N–H and O–H groups in total. The van der Waals surface area contributed by atoms with E-state index in [4.69, 9.17) is 0 Å². The monoisotopic (exact) mass is 327 g/mol. The van der Waals surface area contributed by atoms with Crippen LogP contribution in [0.2, 0.25) is 0 Å². The average molecular weight is 327 g/mol. The van der Waals surface area contributed by atoms with Crippen molar-refractivity contribution in [2.24, 2.45) is 0 Å². The highest BCUT2D eigenvalue weighted by Gasteiger charge is 2.11. The molecule has 0 aliphatic carbocycles. The number of thioether (sulfide) groups is 1. The smallest absolute Gasteiger partial charge is 0.307 e. The Balaban J connectivity index is 1.59. The molecule has 10 heteroatoms. The molecule has 0 saturated carbocycles. The first-order valence-corrected chi connectivity index (χ1v) is 7.60. The maximum absolute atomic E-state index is 10.6. The molecule has 23 heavy (non-hydrogen) atoms. The maximum Gasteiger partial charge on any atom is 0.307 e. The highest BCUT2D eigenvalue weighted by atomic mass is 32.2. The van der Waals surface area contributed by atoms with Gasteiger partial charge in [0.15, 0.2) is 5.65 Å². The Morgan fingerprint density at radius 2 is 2.17 bits per heavy atom. The van der Waals surface area contributed by atoms with Gasteiger partial charge in [0.25, 0.3) is 0 Å². The zero-order valence-corrected chi connectivity index (χ0v) is 12.4. The van der Waals surface area contributed by atoms with Crippen molar-refractivity contribution in [3.05, 3.63) is 46.8 Å². The van der Waals surface area contributed by atoms with E-state index in [1.165, 1.54) is 28.8 Å². The predicted molar refractivity (Wildman–Crippen MR) is 83.9 cm³/mol. The molecule has 3 aromatic heterocycles. The lowest BCUT2D eigenvalue weighted by atomic mass is 10.2. The fourth-order valence-corrected chi connectivity index (χ4v) is 2.85. The molecule has 0 fully saturated rings. The van der Waals surface area contributed by atoms with Crippen LogP contribution < -0.4 is 0 Å². The van der Waals surface area contributed by atoms with E-state index in [-0.39, 0.29) is 5.69 Å². The van der Waals surface area contributed by atoms with Gasteiger partial charge in [-0.25, -0.2) is 4.98 Å². The quantitative estimate of drug-likeness (QED) is 0.347. The van der Waals surface area contributed by atoms with Gasteiger partial charge in [-0.15, -0.1) is 10.2 Å². The van der Waals surface area contributed by atoms with Crippen LogP contribution in [-0.4, -0.2) is 34.9 Å². The van der Waals surface area contributed by atoms with E-state index in [0.29, 0.717) is 16.7 Å². The molecule has 3 heterocycles. The third-order valence-corrected chi connectivity index (χ3v) is 4.08. The van der Waals surface area contributed by atoms with E-state index in [2.05, 4.69) is 25.3 Å². The van der Waals surface area contributed by atoms with Crippen LogP contribution in [0.15, 0.2) is 41.8 Å². The number of fused-ring (bicyclic) bond motifs is 3. The lowest BCUT2D eigenvalue weighted by Crippen LogP contribution is -1.97. The third-order valence-electron chi connectivity index (χ3n) is 3.26. The van der Waals surface area contributed by atoms with Crippen molar-refractivity contribution in [1.82, 2.24) is 29.9 Å². The summed E-state index contributed by atoms with van der Waals surface area (Å²) >= 11 is 1.30. The Bertz CT molecular complexity index is 1030. The average Bonchev–Trinajstić information content (AvgIpc) is 3.17. The summed E-state index contributed by atoms with van der Waals surface area (Å²) in [6.07, 6.45) is 2.57. The second-order valence-corrected chi connectivity index (χ2v) is 5.64. The Morgan fingerprint density at radius 3 is 3.00 bits per heavy atom. The summed E-state index contributed by atoms with van der Waals surface area (Å²) in [5, 5.41) is 24.3. The van der Waals surface area contributed by atoms with Crippen LogP contribution in [0.1, 0.15) is 0 Å². The Kier molecular flexibility index (Phi) is 3.15. The molecular weight excluding hydrogens is 318 g/mol. The number of nitrogens with zero attached hydrogens (tertiary/aromatic N) is 6. The van der Waals surface area contributed by atoms with Gasteiger partial charge in [-0.2, -0.15) is 5.10 Å². The van der Waals surface area contributed by atoms with Gasteiger partial charge >= 0.3 is 5.69 Å². The zero-order valence-electron chi connectivity index (χ0n) is 11.6. The Labute approximate surface area is 132 Å². The van der Waals surface area contributed by atoms with E-state index in [1.807, 2.05) is 24.3 Å². The van der Waals surface area contributed by atoms with Gasteiger partial charge in [-0.05, 0) is 6.07 Å². The molecule has 0 atom stereocenters. The van der Waals surface area contributed by atoms with Crippen LogP contribution in [-0.2, 0) is 5.88 Å². The molecule has 0 aliphatic heterocycles. The molecule has 0 amide bonds. The summed E-state index contributed by atoms with van der Waals surface area (Å²) in [6.45, 7) is 0. The number of rotatable bonds is 4. The van der Waals surface area contributed by atoms with Crippen molar-refractivity contribution >= 4 is 39.5 Å². The number of benzene rings is 1. The van der Waals surface area contributed by atoms with E-state index in [0.717, 1.165) is 16.4 Å². The van der Waals surface area contributed by atoms with Crippen LogP contribution >= 0.6 is 11.8 Å². The van der Waals surface area contributed by atoms with Gasteiger partial charge in [0.2, 0.25) is 5.16 Å². The normalized spacial score (nSPS) is 11.3. The predicted octanol–water partition coefficient (Wildman–Crippen LogP) is 2.36. The van der Waals surface area contributed by atoms with Gasteiger partial charge in [-0.1, -0.05) is 30.0 Å². The molecular formula is C13H9N7O2S. The fourth-order valence-electron chi connectivity index (χ4n) is 2.21. The zero-order chi connectivity index (χ0) is 15.8. The van der Waals surface area contributed by atoms with Crippen molar-refractivity contribution in [1.29, 1.82) is 0 Å². The number of aromatic nitrogens is 6. The van der Waals surface area contributed by atoms with E-state index >= 15 is 0 Å². The highest BCUT2D eigenvalue weighted by molar-refractivity contribution is 7.98. The summed E-state index contributed by atoms with van der Waals surface area (Å²) in [7, 11) is 0. The van der Waals surface area contributed by atoms with Crippen LogP contribution in [0, 0.1) is 10.1 Å². The number of hydrogen-bond donors (Lipinski definition) is 1.